The van der Waals surface area contributed by atoms with Gasteiger partial charge in [-0.3, -0.25) is 9.78 Å². The van der Waals surface area contributed by atoms with Crippen molar-refractivity contribution in [3.05, 3.63) is 59.6 Å². The molecule has 3 aromatic rings. The fraction of sp³-hybridized carbons (Fsp3) is 0.167. The zero-order valence-corrected chi connectivity index (χ0v) is 13.3. The molecular formula is C18H16N2O4. The summed E-state index contributed by atoms with van der Waals surface area (Å²) in [7, 11) is 0. The highest BCUT2D eigenvalue weighted by Gasteiger charge is 2.19. The van der Waals surface area contributed by atoms with Gasteiger partial charge in [-0.15, -0.1) is 0 Å². The zero-order valence-electron chi connectivity index (χ0n) is 13.3. The summed E-state index contributed by atoms with van der Waals surface area (Å²) in [6.07, 6.45) is 3.10. The van der Waals surface area contributed by atoms with Crippen molar-refractivity contribution in [2.75, 3.05) is 11.9 Å². The lowest BCUT2D eigenvalue weighted by Crippen LogP contribution is -2.11. The van der Waals surface area contributed by atoms with Crippen molar-refractivity contribution in [3.63, 3.8) is 0 Å². The first-order valence-electron chi connectivity index (χ1n) is 7.51. The van der Waals surface area contributed by atoms with Crippen molar-refractivity contribution in [1.82, 2.24) is 4.98 Å². The molecule has 0 saturated carbocycles. The van der Waals surface area contributed by atoms with Crippen LogP contribution in [0.2, 0.25) is 0 Å². The van der Waals surface area contributed by atoms with Crippen LogP contribution in [0.15, 0.2) is 47.1 Å². The first-order valence-corrected chi connectivity index (χ1v) is 7.51. The van der Waals surface area contributed by atoms with Crippen LogP contribution in [0.1, 0.15) is 33.4 Å². The Labute approximate surface area is 138 Å². The van der Waals surface area contributed by atoms with Crippen LogP contribution in [0.4, 0.5) is 5.69 Å². The van der Waals surface area contributed by atoms with Gasteiger partial charge in [0.25, 0.3) is 5.91 Å². The number of ether oxygens (including phenoxy) is 1. The molecule has 0 atom stereocenters. The van der Waals surface area contributed by atoms with Crippen molar-refractivity contribution in [2.45, 2.75) is 13.8 Å². The van der Waals surface area contributed by atoms with Crippen molar-refractivity contribution in [2.24, 2.45) is 0 Å². The molecule has 0 radical (unpaired) electrons. The van der Waals surface area contributed by atoms with Gasteiger partial charge in [-0.05, 0) is 44.2 Å². The topological polar surface area (TPSA) is 81.4 Å². The largest absolute Gasteiger partial charge is 0.460 e. The van der Waals surface area contributed by atoms with Crippen LogP contribution in [0.25, 0.3) is 11.0 Å². The third-order valence-electron chi connectivity index (χ3n) is 3.58. The quantitative estimate of drug-likeness (QED) is 0.742. The molecule has 0 saturated heterocycles. The van der Waals surface area contributed by atoms with E-state index in [0.29, 0.717) is 22.4 Å². The third kappa shape index (κ3) is 2.99. The number of furan rings is 1. The molecule has 0 aliphatic rings. The average molecular weight is 324 g/mol. The van der Waals surface area contributed by atoms with Crippen molar-refractivity contribution < 1.29 is 18.7 Å². The number of carbonyl (C=O) groups excluding carboxylic acids is 2. The number of aromatic nitrogens is 1. The lowest BCUT2D eigenvalue weighted by atomic mass is 10.1. The van der Waals surface area contributed by atoms with Gasteiger partial charge in [-0.25, -0.2) is 4.79 Å². The molecule has 0 unspecified atom stereocenters. The second-order valence-corrected chi connectivity index (χ2v) is 5.18. The summed E-state index contributed by atoms with van der Waals surface area (Å²) in [4.78, 5) is 28.0. The molecule has 0 spiro atoms. The van der Waals surface area contributed by atoms with E-state index in [0.717, 1.165) is 5.39 Å². The molecule has 0 fully saturated rings. The first kappa shape index (κ1) is 15.7. The fourth-order valence-electron chi connectivity index (χ4n) is 2.39. The molecule has 3 rings (SSSR count). The Kier molecular flexibility index (Phi) is 4.29. The van der Waals surface area contributed by atoms with Crippen LogP contribution in [0.5, 0.6) is 0 Å². The van der Waals surface area contributed by atoms with Crippen LogP contribution in [-0.2, 0) is 4.74 Å². The van der Waals surface area contributed by atoms with Crippen molar-refractivity contribution in [3.8, 4) is 0 Å². The monoisotopic (exact) mass is 324 g/mol. The average Bonchev–Trinajstić information content (AvgIpc) is 2.93. The highest BCUT2D eigenvalue weighted by Crippen LogP contribution is 2.28. The zero-order chi connectivity index (χ0) is 17.1. The molecule has 122 valence electrons. The maximum absolute atomic E-state index is 12.2. The SMILES string of the molecule is CCOC(=O)c1oc2ccc(NC(=O)c3cccnc3)cc2c1C. The number of amides is 1. The Morgan fingerprint density at radius 2 is 2.12 bits per heavy atom. The summed E-state index contributed by atoms with van der Waals surface area (Å²) >= 11 is 0. The van der Waals surface area contributed by atoms with Gasteiger partial charge < -0.3 is 14.5 Å². The summed E-state index contributed by atoms with van der Waals surface area (Å²) in [5.74, 6) is -0.566. The number of hydrogen-bond acceptors (Lipinski definition) is 5. The lowest BCUT2D eigenvalue weighted by molar-refractivity contribution is 0.0491. The molecule has 6 nitrogen and oxygen atoms in total. The molecule has 24 heavy (non-hydrogen) atoms. The van der Waals surface area contributed by atoms with Crippen LogP contribution in [0, 0.1) is 6.92 Å². The van der Waals surface area contributed by atoms with E-state index in [2.05, 4.69) is 10.3 Å². The number of carbonyl (C=O) groups is 2. The third-order valence-corrected chi connectivity index (χ3v) is 3.58. The Morgan fingerprint density at radius 1 is 1.29 bits per heavy atom. The van der Waals surface area contributed by atoms with Crippen molar-refractivity contribution in [1.29, 1.82) is 0 Å². The molecule has 1 N–H and O–H groups in total. The molecule has 2 heterocycles. The predicted molar refractivity (Wildman–Crippen MR) is 89.1 cm³/mol. The molecule has 0 aliphatic carbocycles. The van der Waals surface area contributed by atoms with E-state index in [1.807, 2.05) is 0 Å². The summed E-state index contributed by atoms with van der Waals surface area (Å²) in [5.41, 5.74) is 2.32. The maximum Gasteiger partial charge on any atom is 0.374 e. The Balaban J connectivity index is 1.90. The molecule has 0 bridgehead atoms. The van der Waals surface area contributed by atoms with E-state index in [1.165, 1.54) is 6.20 Å². The highest BCUT2D eigenvalue weighted by atomic mass is 16.5. The smallest absolute Gasteiger partial charge is 0.374 e. The van der Waals surface area contributed by atoms with Gasteiger partial charge in [0, 0.05) is 29.0 Å². The van der Waals surface area contributed by atoms with Gasteiger partial charge in [-0.2, -0.15) is 0 Å². The van der Waals surface area contributed by atoms with E-state index >= 15 is 0 Å². The van der Waals surface area contributed by atoms with Gasteiger partial charge in [-0.1, -0.05) is 0 Å². The summed E-state index contributed by atoms with van der Waals surface area (Å²) in [6, 6.07) is 8.58. The fourth-order valence-corrected chi connectivity index (χ4v) is 2.39. The standard InChI is InChI=1S/C18H16N2O4/c1-3-23-18(22)16-11(2)14-9-13(6-7-15(14)24-16)20-17(21)12-5-4-8-19-10-12/h4-10H,3H2,1-2H3,(H,20,21). The van der Waals surface area contributed by atoms with Crippen LogP contribution in [0.3, 0.4) is 0 Å². The number of pyridine rings is 1. The summed E-state index contributed by atoms with van der Waals surface area (Å²) < 4.78 is 10.5. The normalized spacial score (nSPS) is 10.6. The number of nitrogens with one attached hydrogen (secondary N) is 1. The number of rotatable bonds is 4. The minimum Gasteiger partial charge on any atom is -0.460 e. The van der Waals surface area contributed by atoms with Gasteiger partial charge in [0.2, 0.25) is 5.76 Å². The molecule has 1 aromatic carbocycles. The Hall–Kier alpha value is -3.15. The minimum atomic E-state index is -0.493. The number of nitrogens with zero attached hydrogens (tertiary/aromatic N) is 1. The van der Waals surface area contributed by atoms with Gasteiger partial charge in [0.05, 0.1) is 12.2 Å². The Morgan fingerprint density at radius 3 is 2.83 bits per heavy atom. The molecule has 0 aliphatic heterocycles. The minimum absolute atomic E-state index is 0.183. The highest BCUT2D eigenvalue weighted by molar-refractivity contribution is 6.05. The predicted octanol–water partition coefficient (Wildman–Crippen LogP) is 3.57. The molecule has 6 heteroatoms. The number of hydrogen-bond donors (Lipinski definition) is 1. The maximum atomic E-state index is 12.2. The van der Waals surface area contributed by atoms with E-state index in [-0.39, 0.29) is 18.3 Å². The van der Waals surface area contributed by atoms with Crippen LogP contribution >= 0.6 is 0 Å². The summed E-state index contributed by atoms with van der Waals surface area (Å²) in [5, 5.41) is 3.56. The Bertz CT molecular complexity index is 900. The molecule has 1 amide bonds. The molecular weight excluding hydrogens is 308 g/mol. The summed E-state index contributed by atoms with van der Waals surface area (Å²) in [6.45, 7) is 3.80. The van der Waals surface area contributed by atoms with Gasteiger partial charge in [0.15, 0.2) is 0 Å². The number of anilines is 1. The first-order chi connectivity index (χ1) is 11.6. The van der Waals surface area contributed by atoms with Crippen LogP contribution < -0.4 is 5.32 Å². The van der Waals surface area contributed by atoms with E-state index in [9.17, 15) is 9.59 Å². The number of aryl methyl sites for hydroxylation is 1. The second kappa shape index (κ2) is 6.54. The van der Waals surface area contributed by atoms with Crippen molar-refractivity contribution >= 4 is 28.5 Å². The number of benzene rings is 1. The lowest BCUT2D eigenvalue weighted by Gasteiger charge is -2.05. The van der Waals surface area contributed by atoms with Gasteiger partial charge in [0.1, 0.15) is 5.58 Å². The number of esters is 1. The van der Waals surface area contributed by atoms with E-state index < -0.39 is 5.97 Å². The molecule has 2 aromatic heterocycles. The number of fused-ring (bicyclic) bond motifs is 1. The van der Waals surface area contributed by atoms with E-state index in [4.69, 9.17) is 9.15 Å². The van der Waals surface area contributed by atoms with Crippen LogP contribution in [-0.4, -0.2) is 23.5 Å². The second-order valence-electron chi connectivity index (χ2n) is 5.18. The van der Waals surface area contributed by atoms with Gasteiger partial charge >= 0.3 is 5.97 Å². The van der Waals surface area contributed by atoms with E-state index in [1.54, 1.807) is 50.4 Å².